The molecule has 0 aromatic carbocycles. The van der Waals surface area contributed by atoms with Crippen molar-refractivity contribution in [1.82, 2.24) is 18.7 Å². The number of hydrogen-bond acceptors (Lipinski definition) is 4. The molecule has 7 heteroatoms. The predicted octanol–water partition coefficient (Wildman–Crippen LogP) is 2.86. The van der Waals surface area contributed by atoms with Gasteiger partial charge in [0.15, 0.2) is 11.2 Å². The molecule has 2 rings (SSSR count). The minimum Gasteiger partial charge on any atom is -0.328 e. The molecule has 0 bridgehead atoms. The van der Waals surface area contributed by atoms with Crippen LogP contribution in [0.2, 0.25) is 0 Å². The van der Waals surface area contributed by atoms with Crippen LogP contribution in [0.25, 0.3) is 11.2 Å². The zero-order chi connectivity index (χ0) is 18.9. The summed E-state index contributed by atoms with van der Waals surface area (Å²) in [7, 11) is 3.43. The molecule has 7 nitrogen and oxygen atoms in total. The van der Waals surface area contributed by atoms with Gasteiger partial charge in [0.1, 0.15) is 0 Å². The molecule has 0 unspecified atom stereocenters. The fraction of sp³-hybridized carbons (Fsp3) is 0.684. The lowest BCUT2D eigenvalue weighted by Gasteiger charge is -2.08. The molecule has 0 saturated carbocycles. The van der Waals surface area contributed by atoms with Crippen molar-refractivity contribution >= 4 is 11.2 Å². The summed E-state index contributed by atoms with van der Waals surface area (Å²) in [6.45, 7) is 0.459. The number of unbranched alkanes of at least 4 members (excludes halogenated alkanes) is 9. The van der Waals surface area contributed by atoms with Crippen molar-refractivity contribution in [2.45, 2.75) is 70.8 Å². The maximum Gasteiger partial charge on any atom is 0.332 e. The molecule has 0 amide bonds. The first-order valence-corrected chi connectivity index (χ1v) is 9.55. The summed E-state index contributed by atoms with van der Waals surface area (Å²) in [6, 6.07) is 2.18. The van der Waals surface area contributed by atoms with E-state index in [0.717, 1.165) is 32.1 Å². The number of nitriles is 1. The Labute approximate surface area is 153 Å². The van der Waals surface area contributed by atoms with Gasteiger partial charge >= 0.3 is 5.69 Å². The number of aryl methyl sites for hydroxylation is 2. The molecule has 0 aliphatic carbocycles. The van der Waals surface area contributed by atoms with Crippen LogP contribution in [0, 0.1) is 11.3 Å². The third-order valence-corrected chi connectivity index (χ3v) is 4.87. The van der Waals surface area contributed by atoms with Gasteiger partial charge in [-0.1, -0.05) is 44.9 Å². The summed E-state index contributed by atoms with van der Waals surface area (Å²) in [5.74, 6) is 0. The smallest absolute Gasteiger partial charge is 0.328 e. The Hall–Kier alpha value is -2.36. The van der Waals surface area contributed by atoms with Gasteiger partial charge in [-0.25, -0.2) is 9.78 Å². The highest BCUT2D eigenvalue weighted by Gasteiger charge is 2.14. The molecule has 2 aromatic rings. The number of hydrogen-bond donors (Lipinski definition) is 0. The average molecular weight is 359 g/mol. The highest BCUT2D eigenvalue weighted by Crippen LogP contribution is 2.11. The normalized spacial score (nSPS) is 11.1. The highest BCUT2D eigenvalue weighted by molar-refractivity contribution is 5.69. The Bertz CT molecular complexity index is 869. The van der Waals surface area contributed by atoms with Crippen molar-refractivity contribution in [1.29, 1.82) is 5.26 Å². The molecule has 0 saturated heterocycles. The van der Waals surface area contributed by atoms with Crippen LogP contribution in [-0.2, 0) is 20.6 Å². The van der Waals surface area contributed by atoms with Crippen LogP contribution in [0.5, 0.6) is 0 Å². The Kier molecular flexibility index (Phi) is 7.64. The van der Waals surface area contributed by atoms with Gasteiger partial charge in [0.05, 0.1) is 12.4 Å². The summed E-state index contributed by atoms with van der Waals surface area (Å²) in [6.07, 6.45) is 12.2. The van der Waals surface area contributed by atoms with E-state index < -0.39 is 0 Å². The van der Waals surface area contributed by atoms with Crippen LogP contribution >= 0.6 is 0 Å². The molecule has 0 radical (unpaired) electrons. The molecule has 2 aromatic heterocycles. The molecule has 0 N–H and O–H groups in total. The molecule has 0 aliphatic rings. The van der Waals surface area contributed by atoms with Crippen molar-refractivity contribution in [3.8, 4) is 6.07 Å². The standard InChI is InChI=1S/C19H29N5O2/c1-22-15-21-17-16(22)18(25)24(19(26)23(17)2)14-12-10-8-6-4-3-5-7-9-11-13-20/h15H,3-12,14H2,1-2H3. The molecule has 26 heavy (non-hydrogen) atoms. The second kappa shape index (κ2) is 9.95. The molecular weight excluding hydrogens is 330 g/mol. The van der Waals surface area contributed by atoms with Gasteiger partial charge in [-0.3, -0.25) is 13.9 Å². The Morgan fingerprint density at radius 2 is 1.54 bits per heavy atom. The average Bonchev–Trinajstić information content (AvgIpc) is 3.02. The number of fused-ring (bicyclic) bond motifs is 1. The molecule has 142 valence electrons. The van der Waals surface area contributed by atoms with E-state index in [1.807, 2.05) is 0 Å². The number of rotatable bonds is 11. The summed E-state index contributed by atoms with van der Waals surface area (Å²) in [5, 5.41) is 8.48. The largest absolute Gasteiger partial charge is 0.332 e. The van der Waals surface area contributed by atoms with Gasteiger partial charge in [0.25, 0.3) is 5.56 Å². The van der Waals surface area contributed by atoms with Crippen molar-refractivity contribution in [3.63, 3.8) is 0 Å². The van der Waals surface area contributed by atoms with Gasteiger partial charge in [0, 0.05) is 27.1 Å². The fourth-order valence-electron chi connectivity index (χ4n) is 3.30. The molecule has 0 spiro atoms. The van der Waals surface area contributed by atoms with Gasteiger partial charge in [-0.15, -0.1) is 0 Å². The van der Waals surface area contributed by atoms with Crippen LogP contribution in [0.4, 0.5) is 0 Å². The lowest BCUT2D eigenvalue weighted by molar-refractivity contribution is 0.516. The van der Waals surface area contributed by atoms with Crippen LogP contribution in [0.1, 0.15) is 64.2 Å². The van der Waals surface area contributed by atoms with Crippen LogP contribution in [-0.4, -0.2) is 18.7 Å². The number of imidazole rings is 1. The highest BCUT2D eigenvalue weighted by atomic mass is 16.2. The predicted molar refractivity (Wildman–Crippen MR) is 102 cm³/mol. The summed E-state index contributed by atoms with van der Waals surface area (Å²) < 4.78 is 4.45. The third kappa shape index (κ3) is 4.84. The second-order valence-corrected chi connectivity index (χ2v) is 6.92. The Balaban J connectivity index is 1.75. The Morgan fingerprint density at radius 3 is 2.15 bits per heavy atom. The van der Waals surface area contributed by atoms with Gasteiger partial charge in [-0.2, -0.15) is 5.26 Å². The lowest BCUT2D eigenvalue weighted by atomic mass is 10.1. The van der Waals surface area contributed by atoms with E-state index in [4.69, 9.17) is 5.26 Å². The molecule has 0 aliphatic heterocycles. The van der Waals surface area contributed by atoms with Crippen molar-refractivity contribution in [3.05, 3.63) is 27.2 Å². The topological polar surface area (TPSA) is 85.6 Å². The first kappa shape index (κ1) is 20.0. The molecule has 0 atom stereocenters. The maximum atomic E-state index is 12.6. The zero-order valence-corrected chi connectivity index (χ0v) is 15.9. The van der Waals surface area contributed by atoms with Crippen LogP contribution in [0.15, 0.2) is 15.9 Å². The zero-order valence-electron chi connectivity index (χ0n) is 15.9. The van der Waals surface area contributed by atoms with Gasteiger partial charge in [-0.05, 0) is 12.8 Å². The van der Waals surface area contributed by atoms with Crippen molar-refractivity contribution in [2.24, 2.45) is 14.1 Å². The lowest BCUT2D eigenvalue weighted by Crippen LogP contribution is -2.39. The Morgan fingerprint density at radius 1 is 0.962 bits per heavy atom. The van der Waals surface area contributed by atoms with Gasteiger partial charge < -0.3 is 4.57 Å². The first-order valence-electron chi connectivity index (χ1n) is 9.55. The van der Waals surface area contributed by atoms with Crippen molar-refractivity contribution in [2.75, 3.05) is 0 Å². The molecule has 0 fully saturated rings. The van der Waals surface area contributed by atoms with E-state index in [0.29, 0.717) is 24.1 Å². The monoisotopic (exact) mass is 359 g/mol. The van der Waals surface area contributed by atoms with E-state index in [-0.39, 0.29) is 11.2 Å². The summed E-state index contributed by atoms with van der Waals surface area (Å²) in [5.41, 5.74) is 0.371. The number of aromatic nitrogens is 4. The van der Waals surface area contributed by atoms with E-state index in [2.05, 4.69) is 11.1 Å². The van der Waals surface area contributed by atoms with E-state index in [9.17, 15) is 9.59 Å². The van der Waals surface area contributed by atoms with Crippen molar-refractivity contribution < 1.29 is 0 Å². The SMILES string of the molecule is Cn1cnc2c1c(=O)n(CCCCCCCCCCCC#N)c(=O)n2C. The minimum absolute atomic E-state index is 0.250. The molecular formula is C19H29N5O2. The van der Waals surface area contributed by atoms with Crippen LogP contribution in [0.3, 0.4) is 0 Å². The minimum atomic E-state index is -0.293. The van der Waals surface area contributed by atoms with Crippen LogP contribution < -0.4 is 11.2 Å². The quantitative estimate of drug-likeness (QED) is 0.577. The maximum absolute atomic E-state index is 12.6. The van der Waals surface area contributed by atoms with E-state index in [1.165, 1.54) is 34.8 Å². The first-order chi connectivity index (χ1) is 12.6. The van der Waals surface area contributed by atoms with Gasteiger partial charge in [0.2, 0.25) is 0 Å². The number of nitrogens with zero attached hydrogens (tertiary/aromatic N) is 5. The van der Waals surface area contributed by atoms with E-state index in [1.54, 1.807) is 25.0 Å². The second-order valence-electron chi connectivity index (χ2n) is 6.92. The third-order valence-electron chi connectivity index (χ3n) is 4.87. The van der Waals surface area contributed by atoms with E-state index >= 15 is 0 Å². The summed E-state index contributed by atoms with van der Waals surface area (Å²) in [4.78, 5) is 29.1. The molecule has 2 heterocycles. The fourth-order valence-corrected chi connectivity index (χ4v) is 3.30. The summed E-state index contributed by atoms with van der Waals surface area (Å²) >= 11 is 0.